The Morgan fingerprint density at radius 1 is 1.00 bits per heavy atom. The lowest BCUT2D eigenvalue weighted by molar-refractivity contribution is 0.847. The van der Waals surface area contributed by atoms with Gasteiger partial charge in [-0.1, -0.05) is 29.3 Å². The van der Waals surface area contributed by atoms with Crippen LogP contribution >= 0.6 is 23.2 Å². The van der Waals surface area contributed by atoms with E-state index >= 15 is 0 Å². The first kappa shape index (κ1) is 10.4. The van der Waals surface area contributed by atoms with E-state index in [1.807, 2.05) is 47.4 Å². The lowest BCUT2D eigenvalue weighted by Crippen LogP contribution is -2.12. The lowest BCUT2D eigenvalue weighted by atomic mass is 10.2. The molecular formula is C11H10Cl2N2. The van der Waals surface area contributed by atoms with Crippen molar-refractivity contribution in [2.45, 2.75) is 6.54 Å². The number of nitrogens with zero attached hydrogens (tertiary/aromatic N) is 1. The first-order valence-electron chi connectivity index (χ1n) is 4.57. The molecule has 1 aromatic carbocycles. The van der Waals surface area contributed by atoms with E-state index in [0.29, 0.717) is 16.6 Å². The molecule has 1 aromatic heterocycles. The Labute approximate surface area is 98.4 Å². The van der Waals surface area contributed by atoms with Gasteiger partial charge in [0.25, 0.3) is 0 Å². The molecule has 0 aliphatic rings. The van der Waals surface area contributed by atoms with Crippen molar-refractivity contribution in [3.8, 4) is 0 Å². The molecule has 0 bridgehead atoms. The predicted octanol–water partition coefficient (Wildman–Crippen LogP) is 3.54. The van der Waals surface area contributed by atoms with Gasteiger partial charge in [0.05, 0.1) is 6.54 Å². The van der Waals surface area contributed by atoms with E-state index < -0.39 is 0 Å². The molecule has 0 saturated carbocycles. The van der Waals surface area contributed by atoms with E-state index in [-0.39, 0.29) is 0 Å². The number of benzene rings is 1. The molecule has 0 unspecified atom stereocenters. The van der Waals surface area contributed by atoms with Gasteiger partial charge >= 0.3 is 0 Å². The summed E-state index contributed by atoms with van der Waals surface area (Å²) in [6, 6.07) is 9.40. The highest BCUT2D eigenvalue weighted by molar-refractivity contribution is 6.35. The van der Waals surface area contributed by atoms with Crippen molar-refractivity contribution < 1.29 is 0 Å². The summed E-state index contributed by atoms with van der Waals surface area (Å²) in [7, 11) is 0. The largest absolute Gasteiger partial charge is 0.322 e. The van der Waals surface area contributed by atoms with Gasteiger partial charge in [0, 0.05) is 28.0 Å². The third-order valence-corrected chi connectivity index (χ3v) is 2.81. The maximum atomic E-state index is 6.04. The number of halogens is 2. The van der Waals surface area contributed by atoms with Crippen molar-refractivity contribution in [1.29, 1.82) is 0 Å². The van der Waals surface area contributed by atoms with Crippen molar-refractivity contribution in [3.05, 3.63) is 58.3 Å². The highest BCUT2D eigenvalue weighted by Gasteiger charge is 2.04. The Morgan fingerprint density at radius 2 is 1.60 bits per heavy atom. The molecule has 15 heavy (non-hydrogen) atoms. The van der Waals surface area contributed by atoms with Crippen molar-refractivity contribution in [2.75, 3.05) is 5.43 Å². The quantitative estimate of drug-likeness (QED) is 0.869. The lowest BCUT2D eigenvalue weighted by Gasteiger charge is -2.10. The van der Waals surface area contributed by atoms with E-state index in [2.05, 4.69) is 5.43 Å². The van der Waals surface area contributed by atoms with E-state index in [1.165, 1.54) is 0 Å². The van der Waals surface area contributed by atoms with Crippen LogP contribution in [0.15, 0.2) is 42.7 Å². The van der Waals surface area contributed by atoms with Crippen LogP contribution < -0.4 is 5.43 Å². The van der Waals surface area contributed by atoms with Gasteiger partial charge in [0.1, 0.15) is 0 Å². The maximum absolute atomic E-state index is 6.04. The van der Waals surface area contributed by atoms with Crippen molar-refractivity contribution in [2.24, 2.45) is 0 Å². The summed E-state index contributed by atoms with van der Waals surface area (Å²) in [4.78, 5) is 0. The molecule has 0 aliphatic carbocycles. The van der Waals surface area contributed by atoms with Gasteiger partial charge in [-0.2, -0.15) is 0 Å². The van der Waals surface area contributed by atoms with E-state index in [1.54, 1.807) is 0 Å². The number of rotatable bonds is 3. The summed E-state index contributed by atoms with van der Waals surface area (Å²) in [5, 5.41) is 1.37. The summed E-state index contributed by atoms with van der Waals surface area (Å²) in [6.45, 7) is 0.604. The summed E-state index contributed by atoms with van der Waals surface area (Å²) in [5.41, 5.74) is 4.08. The second-order valence-electron chi connectivity index (χ2n) is 3.13. The molecular weight excluding hydrogens is 231 g/mol. The summed E-state index contributed by atoms with van der Waals surface area (Å²) in [5.74, 6) is 0. The predicted molar refractivity (Wildman–Crippen MR) is 64.0 cm³/mol. The standard InChI is InChI=1S/C11H10Cl2N2/c12-10-4-3-5-11(13)9(10)8-14-15-6-1-2-7-15/h1-7,14H,8H2. The zero-order chi connectivity index (χ0) is 10.7. The van der Waals surface area contributed by atoms with E-state index in [0.717, 1.165) is 5.56 Å². The van der Waals surface area contributed by atoms with Gasteiger partial charge in [-0.15, -0.1) is 0 Å². The minimum absolute atomic E-state index is 0.604. The molecule has 2 aromatic rings. The van der Waals surface area contributed by atoms with E-state index in [9.17, 15) is 0 Å². The molecule has 1 N–H and O–H groups in total. The fourth-order valence-corrected chi connectivity index (χ4v) is 1.84. The van der Waals surface area contributed by atoms with Gasteiger partial charge in [-0.25, -0.2) is 0 Å². The molecule has 4 heteroatoms. The highest BCUT2D eigenvalue weighted by Crippen LogP contribution is 2.23. The second kappa shape index (κ2) is 4.60. The normalized spacial score (nSPS) is 10.3. The first-order valence-corrected chi connectivity index (χ1v) is 5.33. The van der Waals surface area contributed by atoms with Crippen LogP contribution in [0.2, 0.25) is 10.0 Å². The zero-order valence-electron chi connectivity index (χ0n) is 7.95. The number of aromatic nitrogens is 1. The van der Waals surface area contributed by atoms with Crippen molar-refractivity contribution >= 4 is 23.2 Å². The molecule has 0 radical (unpaired) electrons. The van der Waals surface area contributed by atoms with Crippen LogP contribution in [0, 0.1) is 0 Å². The molecule has 2 nitrogen and oxygen atoms in total. The third kappa shape index (κ3) is 2.46. The van der Waals surface area contributed by atoms with Gasteiger partial charge < -0.3 is 5.43 Å². The van der Waals surface area contributed by atoms with Gasteiger partial charge in [0.15, 0.2) is 0 Å². The van der Waals surface area contributed by atoms with Gasteiger partial charge in [-0.05, 0) is 24.3 Å². The summed E-state index contributed by atoms with van der Waals surface area (Å²) >= 11 is 12.1. The second-order valence-corrected chi connectivity index (χ2v) is 3.94. The highest BCUT2D eigenvalue weighted by atomic mass is 35.5. The molecule has 0 aliphatic heterocycles. The molecule has 0 saturated heterocycles. The molecule has 0 fully saturated rings. The van der Waals surface area contributed by atoms with Crippen LogP contribution in [0.5, 0.6) is 0 Å². The monoisotopic (exact) mass is 240 g/mol. The average Bonchev–Trinajstić information content (AvgIpc) is 2.70. The van der Waals surface area contributed by atoms with Crippen molar-refractivity contribution in [1.82, 2.24) is 4.68 Å². The average molecular weight is 241 g/mol. The Morgan fingerprint density at radius 3 is 2.20 bits per heavy atom. The number of hydrogen-bond donors (Lipinski definition) is 1. The Hall–Kier alpha value is -1.12. The Kier molecular flexibility index (Phi) is 3.19. The maximum Gasteiger partial charge on any atom is 0.0593 e. The molecule has 2 rings (SSSR count). The van der Waals surface area contributed by atoms with Gasteiger partial charge in [-0.3, -0.25) is 4.68 Å². The van der Waals surface area contributed by atoms with E-state index in [4.69, 9.17) is 23.2 Å². The number of nitrogens with one attached hydrogen (secondary N) is 1. The molecule has 0 amide bonds. The van der Waals surface area contributed by atoms with Crippen LogP contribution in [0.3, 0.4) is 0 Å². The van der Waals surface area contributed by atoms with Crippen molar-refractivity contribution in [3.63, 3.8) is 0 Å². The summed E-state index contributed by atoms with van der Waals surface area (Å²) < 4.78 is 1.86. The fourth-order valence-electron chi connectivity index (χ4n) is 1.31. The molecule has 78 valence electrons. The minimum Gasteiger partial charge on any atom is -0.322 e. The smallest absolute Gasteiger partial charge is 0.0593 e. The fraction of sp³-hybridized carbons (Fsp3) is 0.0909. The minimum atomic E-state index is 0.604. The zero-order valence-corrected chi connectivity index (χ0v) is 9.46. The first-order chi connectivity index (χ1) is 7.27. The molecule has 1 heterocycles. The SMILES string of the molecule is Clc1cccc(Cl)c1CNn1cccc1. The summed E-state index contributed by atoms with van der Waals surface area (Å²) in [6.07, 6.45) is 3.84. The topological polar surface area (TPSA) is 17.0 Å². The Balaban J connectivity index is 2.11. The molecule has 0 spiro atoms. The Bertz CT molecular complexity index is 418. The van der Waals surface area contributed by atoms with Crippen LogP contribution in [0.4, 0.5) is 0 Å². The van der Waals surface area contributed by atoms with Crippen LogP contribution in [0.1, 0.15) is 5.56 Å². The van der Waals surface area contributed by atoms with Crippen LogP contribution in [-0.4, -0.2) is 4.68 Å². The van der Waals surface area contributed by atoms with Crippen LogP contribution in [0.25, 0.3) is 0 Å². The van der Waals surface area contributed by atoms with Gasteiger partial charge in [0.2, 0.25) is 0 Å². The third-order valence-electron chi connectivity index (χ3n) is 2.10. The van der Waals surface area contributed by atoms with Crippen LogP contribution in [-0.2, 0) is 6.54 Å². The number of hydrogen-bond acceptors (Lipinski definition) is 1. The molecule has 0 atom stereocenters.